The lowest BCUT2D eigenvalue weighted by Gasteiger charge is -2.37. The Labute approximate surface area is 188 Å². The molecule has 3 aromatic carbocycles. The molecule has 0 unspecified atom stereocenters. The second-order valence-electron chi connectivity index (χ2n) is 8.30. The third-order valence-electron chi connectivity index (χ3n) is 6.31. The summed E-state index contributed by atoms with van der Waals surface area (Å²) >= 11 is 6.12. The van der Waals surface area contributed by atoms with Gasteiger partial charge < -0.3 is 10.1 Å². The Hall–Kier alpha value is -3.04. The van der Waals surface area contributed by atoms with E-state index in [4.69, 9.17) is 16.3 Å². The fraction of sp³-hybridized carbons (Fsp3) is 0.222. The topological polar surface area (TPSA) is 33.6 Å². The first-order valence-corrected chi connectivity index (χ1v) is 11.0. The summed E-state index contributed by atoms with van der Waals surface area (Å²) in [6, 6.07) is 21.1. The fourth-order valence-electron chi connectivity index (χ4n) is 4.76. The van der Waals surface area contributed by atoms with Gasteiger partial charge in [-0.05, 0) is 66.8 Å². The quantitative estimate of drug-likeness (QED) is 0.351. The minimum absolute atomic E-state index is 0.293. The van der Waals surface area contributed by atoms with Gasteiger partial charge in [0.1, 0.15) is 5.75 Å². The van der Waals surface area contributed by atoms with Crippen LogP contribution in [0.3, 0.4) is 0 Å². The number of nitrogens with zero attached hydrogens (tertiary/aromatic N) is 1. The molecule has 0 radical (unpaired) electrons. The van der Waals surface area contributed by atoms with E-state index in [0.717, 1.165) is 23.4 Å². The maximum Gasteiger partial charge on any atom is 0.127 e. The van der Waals surface area contributed by atoms with Crippen molar-refractivity contribution in [1.29, 1.82) is 0 Å². The predicted octanol–water partition coefficient (Wildman–Crippen LogP) is 7.23. The standard InChI is InChI=1S/C27H25ClN2O/c1-17-6-12-25-24(14-17)22-4-3-5-23(22)27(30-25)18-7-10-21(11-8-18)29-16-19-15-20(28)9-13-26(19)31-2/h3-4,6-16,22-23,27,30H,5H2,1-2H3/t22-,23+,27+/m1/s1. The van der Waals surface area contributed by atoms with Crippen LogP contribution in [0.15, 0.2) is 77.8 Å². The Morgan fingerprint density at radius 3 is 2.71 bits per heavy atom. The van der Waals surface area contributed by atoms with Crippen LogP contribution in [-0.2, 0) is 0 Å². The van der Waals surface area contributed by atoms with E-state index in [-0.39, 0.29) is 0 Å². The van der Waals surface area contributed by atoms with Crippen molar-refractivity contribution in [2.75, 3.05) is 12.4 Å². The predicted molar refractivity (Wildman–Crippen MR) is 129 cm³/mol. The molecule has 5 rings (SSSR count). The highest BCUT2D eigenvalue weighted by Crippen LogP contribution is 2.50. The summed E-state index contributed by atoms with van der Waals surface area (Å²) in [5.74, 6) is 1.78. The molecule has 1 N–H and O–H groups in total. The molecule has 3 atom stereocenters. The number of methoxy groups -OCH3 is 1. The van der Waals surface area contributed by atoms with Crippen molar-refractivity contribution >= 4 is 29.2 Å². The zero-order valence-corrected chi connectivity index (χ0v) is 18.4. The van der Waals surface area contributed by atoms with Crippen LogP contribution in [0.25, 0.3) is 0 Å². The average Bonchev–Trinajstić information content (AvgIpc) is 3.28. The number of aryl methyl sites for hydroxylation is 1. The smallest absolute Gasteiger partial charge is 0.127 e. The highest BCUT2D eigenvalue weighted by atomic mass is 35.5. The minimum atomic E-state index is 0.293. The van der Waals surface area contributed by atoms with Gasteiger partial charge in [0.15, 0.2) is 0 Å². The zero-order valence-electron chi connectivity index (χ0n) is 17.7. The van der Waals surface area contributed by atoms with E-state index < -0.39 is 0 Å². The van der Waals surface area contributed by atoms with Crippen LogP contribution in [-0.4, -0.2) is 13.3 Å². The summed E-state index contributed by atoms with van der Waals surface area (Å²) in [7, 11) is 1.65. The summed E-state index contributed by atoms with van der Waals surface area (Å²) in [6.07, 6.45) is 7.62. The molecule has 1 aliphatic carbocycles. The van der Waals surface area contributed by atoms with Crippen molar-refractivity contribution in [3.63, 3.8) is 0 Å². The van der Waals surface area contributed by atoms with Crippen molar-refractivity contribution in [3.05, 3.63) is 100 Å². The summed E-state index contributed by atoms with van der Waals surface area (Å²) in [6.45, 7) is 2.16. The molecule has 0 saturated heterocycles. The first kappa shape index (κ1) is 19.9. The van der Waals surface area contributed by atoms with E-state index in [1.165, 1.54) is 22.4 Å². The monoisotopic (exact) mass is 428 g/mol. The molecule has 31 heavy (non-hydrogen) atoms. The second kappa shape index (κ2) is 8.24. The number of ether oxygens (including phenoxy) is 1. The van der Waals surface area contributed by atoms with Crippen LogP contribution in [0.4, 0.5) is 11.4 Å². The molecule has 1 aliphatic heterocycles. The molecule has 0 bridgehead atoms. The summed E-state index contributed by atoms with van der Waals surface area (Å²) in [5, 5.41) is 4.46. The SMILES string of the molecule is COc1ccc(Cl)cc1C=Nc1ccc([C@@H]2Nc3ccc(C)cc3[C@@H]3C=CC[C@@H]32)cc1. The molecule has 3 nitrogen and oxygen atoms in total. The van der Waals surface area contributed by atoms with E-state index in [1.54, 1.807) is 13.3 Å². The van der Waals surface area contributed by atoms with E-state index in [2.05, 4.69) is 71.8 Å². The number of fused-ring (bicyclic) bond motifs is 3. The molecule has 2 aliphatic rings. The maximum atomic E-state index is 6.12. The number of rotatable bonds is 4. The van der Waals surface area contributed by atoms with Crippen LogP contribution < -0.4 is 10.1 Å². The Balaban J connectivity index is 1.39. The van der Waals surface area contributed by atoms with Crippen molar-refractivity contribution in [3.8, 4) is 5.75 Å². The van der Waals surface area contributed by atoms with E-state index in [9.17, 15) is 0 Å². The average molecular weight is 429 g/mol. The van der Waals surface area contributed by atoms with Crippen molar-refractivity contribution < 1.29 is 4.74 Å². The van der Waals surface area contributed by atoms with Crippen molar-refractivity contribution in [1.82, 2.24) is 0 Å². The first-order chi connectivity index (χ1) is 15.1. The fourth-order valence-corrected chi connectivity index (χ4v) is 4.94. The van der Waals surface area contributed by atoms with Crippen LogP contribution >= 0.6 is 11.6 Å². The summed E-state index contributed by atoms with van der Waals surface area (Å²) in [5.41, 5.74) is 7.05. The van der Waals surface area contributed by atoms with Crippen LogP contribution in [0, 0.1) is 12.8 Å². The van der Waals surface area contributed by atoms with E-state index in [1.807, 2.05) is 18.2 Å². The molecular weight excluding hydrogens is 404 g/mol. The first-order valence-electron chi connectivity index (χ1n) is 10.6. The number of nitrogens with one attached hydrogen (secondary N) is 1. The Bertz CT molecular complexity index is 1170. The minimum Gasteiger partial charge on any atom is -0.496 e. The molecule has 156 valence electrons. The number of hydrogen-bond donors (Lipinski definition) is 1. The zero-order chi connectivity index (χ0) is 21.4. The number of aliphatic imine (C=N–C) groups is 1. The van der Waals surface area contributed by atoms with Gasteiger partial charge in [0.2, 0.25) is 0 Å². The second-order valence-corrected chi connectivity index (χ2v) is 8.74. The van der Waals surface area contributed by atoms with Gasteiger partial charge in [0.05, 0.1) is 18.8 Å². The maximum absolute atomic E-state index is 6.12. The van der Waals surface area contributed by atoms with Crippen molar-refractivity contribution in [2.24, 2.45) is 10.9 Å². The largest absolute Gasteiger partial charge is 0.496 e. The Morgan fingerprint density at radius 1 is 1.06 bits per heavy atom. The molecule has 0 spiro atoms. The third-order valence-corrected chi connectivity index (χ3v) is 6.55. The number of hydrogen-bond acceptors (Lipinski definition) is 3. The van der Waals surface area contributed by atoms with Gasteiger partial charge in [-0.3, -0.25) is 4.99 Å². The van der Waals surface area contributed by atoms with Gasteiger partial charge in [-0.1, -0.05) is 53.6 Å². The number of anilines is 1. The van der Waals surface area contributed by atoms with Crippen molar-refractivity contribution in [2.45, 2.75) is 25.3 Å². The van der Waals surface area contributed by atoms with Crippen LogP contribution in [0.1, 0.15) is 40.6 Å². The Morgan fingerprint density at radius 2 is 1.90 bits per heavy atom. The molecule has 0 saturated carbocycles. The van der Waals surface area contributed by atoms with Gasteiger partial charge in [-0.25, -0.2) is 0 Å². The molecule has 0 amide bonds. The number of halogens is 1. The highest BCUT2D eigenvalue weighted by molar-refractivity contribution is 6.30. The highest BCUT2D eigenvalue weighted by Gasteiger charge is 2.37. The van der Waals surface area contributed by atoms with Gasteiger partial charge in [0.25, 0.3) is 0 Å². The molecule has 0 fully saturated rings. The van der Waals surface area contributed by atoms with Crippen LogP contribution in [0.2, 0.25) is 5.02 Å². The van der Waals surface area contributed by atoms with Gasteiger partial charge in [-0.15, -0.1) is 0 Å². The van der Waals surface area contributed by atoms with E-state index in [0.29, 0.717) is 22.9 Å². The summed E-state index contributed by atoms with van der Waals surface area (Å²) < 4.78 is 5.40. The molecule has 4 heteroatoms. The Kier molecular flexibility index (Phi) is 5.29. The van der Waals surface area contributed by atoms with E-state index >= 15 is 0 Å². The lowest BCUT2D eigenvalue weighted by molar-refractivity contribution is 0.414. The number of benzene rings is 3. The summed E-state index contributed by atoms with van der Waals surface area (Å²) in [4.78, 5) is 4.63. The molecule has 0 aromatic heterocycles. The van der Waals surface area contributed by atoms with Gasteiger partial charge in [-0.2, -0.15) is 0 Å². The lowest BCUT2D eigenvalue weighted by atomic mass is 9.76. The number of allylic oxidation sites excluding steroid dienone is 2. The van der Waals surface area contributed by atoms with Gasteiger partial charge in [0, 0.05) is 28.4 Å². The lowest BCUT2D eigenvalue weighted by Crippen LogP contribution is -2.29. The normalized spacial score (nSPS) is 21.6. The third kappa shape index (κ3) is 3.86. The van der Waals surface area contributed by atoms with Gasteiger partial charge >= 0.3 is 0 Å². The molecule has 3 aromatic rings. The molecular formula is C27H25ClN2O. The van der Waals surface area contributed by atoms with Crippen LogP contribution in [0.5, 0.6) is 5.75 Å². The molecule has 1 heterocycles.